The Bertz CT molecular complexity index is 207. The van der Waals surface area contributed by atoms with Crippen LogP contribution in [0.25, 0.3) is 0 Å². The van der Waals surface area contributed by atoms with Gasteiger partial charge in [-0.3, -0.25) is 4.90 Å². The van der Waals surface area contributed by atoms with E-state index in [0.717, 1.165) is 18.5 Å². The molecule has 1 rings (SSSR count). The van der Waals surface area contributed by atoms with E-state index in [1.807, 2.05) is 0 Å². The van der Waals surface area contributed by atoms with Gasteiger partial charge in [0, 0.05) is 18.1 Å². The molecule has 2 heteroatoms. The van der Waals surface area contributed by atoms with Crippen LogP contribution in [0.3, 0.4) is 0 Å². The molecule has 1 aliphatic carbocycles. The molecule has 0 atom stereocenters. The lowest BCUT2D eigenvalue weighted by atomic mass is 9.88. The first kappa shape index (κ1) is 16.0. The maximum absolute atomic E-state index is 6.16. The summed E-state index contributed by atoms with van der Waals surface area (Å²) in [4.78, 5) is 2.79. The van der Waals surface area contributed by atoms with Gasteiger partial charge in [0.05, 0.1) is 0 Å². The number of hydrogen-bond donors (Lipinski definition) is 1. The first-order valence-corrected chi connectivity index (χ1v) is 8.06. The summed E-state index contributed by atoms with van der Waals surface area (Å²) in [6, 6.07) is 0.798. The molecule has 108 valence electrons. The second-order valence-electron chi connectivity index (χ2n) is 6.45. The lowest BCUT2D eigenvalue weighted by Crippen LogP contribution is -2.57. The zero-order valence-electron chi connectivity index (χ0n) is 13.0. The molecule has 0 aliphatic heterocycles. The Labute approximate surface area is 114 Å². The largest absolute Gasteiger partial charge is 0.329 e. The molecule has 0 saturated heterocycles. The van der Waals surface area contributed by atoms with Gasteiger partial charge >= 0.3 is 0 Å². The Morgan fingerprint density at radius 2 is 1.72 bits per heavy atom. The fourth-order valence-electron chi connectivity index (χ4n) is 3.48. The third kappa shape index (κ3) is 3.71. The normalized spacial score (nSPS) is 18.2. The van der Waals surface area contributed by atoms with Crippen LogP contribution in [0.5, 0.6) is 0 Å². The number of rotatable bonds is 8. The number of nitrogens with two attached hydrogens (primary N) is 1. The van der Waals surface area contributed by atoms with Crippen LogP contribution < -0.4 is 5.73 Å². The molecule has 0 spiro atoms. The van der Waals surface area contributed by atoms with Gasteiger partial charge in [0.2, 0.25) is 0 Å². The van der Waals surface area contributed by atoms with Crippen LogP contribution in [0.15, 0.2) is 0 Å². The first-order valence-electron chi connectivity index (χ1n) is 8.06. The molecule has 0 unspecified atom stereocenters. The van der Waals surface area contributed by atoms with Crippen LogP contribution in [-0.4, -0.2) is 29.6 Å². The van der Waals surface area contributed by atoms with Crippen molar-refractivity contribution in [3.8, 4) is 0 Å². The van der Waals surface area contributed by atoms with Gasteiger partial charge in [0.25, 0.3) is 0 Å². The molecule has 0 heterocycles. The van der Waals surface area contributed by atoms with Crippen LogP contribution in [0.1, 0.15) is 72.6 Å². The van der Waals surface area contributed by atoms with E-state index in [4.69, 9.17) is 5.73 Å². The highest BCUT2D eigenvalue weighted by molar-refractivity contribution is 4.94. The molecule has 0 aromatic rings. The average molecular weight is 254 g/mol. The summed E-state index contributed by atoms with van der Waals surface area (Å²) in [6.45, 7) is 11.3. The van der Waals surface area contributed by atoms with Gasteiger partial charge in [-0.1, -0.05) is 40.5 Å². The highest BCUT2D eigenvalue weighted by Crippen LogP contribution is 2.33. The molecule has 2 nitrogen and oxygen atoms in total. The van der Waals surface area contributed by atoms with E-state index in [1.165, 1.54) is 51.5 Å². The second kappa shape index (κ2) is 7.49. The Hall–Kier alpha value is -0.0800. The molecule has 18 heavy (non-hydrogen) atoms. The van der Waals surface area contributed by atoms with Crippen molar-refractivity contribution in [2.75, 3.05) is 13.1 Å². The zero-order valence-corrected chi connectivity index (χ0v) is 13.0. The molecule has 1 fully saturated rings. The Kier molecular flexibility index (Phi) is 6.65. The van der Waals surface area contributed by atoms with E-state index in [-0.39, 0.29) is 5.54 Å². The van der Waals surface area contributed by atoms with Crippen LogP contribution >= 0.6 is 0 Å². The van der Waals surface area contributed by atoms with Gasteiger partial charge in [-0.25, -0.2) is 0 Å². The van der Waals surface area contributed by atoms with E-state index < -0.39 is 0 Å². The number of hydrogen-bond acceptors (Lipinski definition) is 2. The van der Waals surface area contributed by atoms with E-state index >= 15 is 0 Å². The van der Waals surface area contributed by atoms with Gasteiger partial charge in [0.15, 0.2) is 0 Å². The molecule has 0 aromatic carbocycles. The van der Waals surface area contributed by atoms with Crippen molar-refractivity contribution in [1.82, 2.24) is 4.90 Å². The van der Waals surface area contributed by atoms with Crippen LogP contribution in [0.4, 0.5) is 0 Å². The van der Waals surface area contributed by atoms with Crippen molar-refractivity contribution >= 4 is 0 Å². The van der Waals surface area contributed by atoms with Crippen molar-refractivity contribution in [1.29, 1.82) is 0 Å². The van der Waals surface area contributed by atoms with Crippen molar-refractivity contribution in [3.05, 3.63) is 0 Å². The minimum absolute atomic E-state index is 0.254. The topological polar surface area (TPSA) is 29.3 Å². The summed E-state index contributed by atoms with van der Waals surface area (Å²) in [7, 11) is 0. The molecule has 0 bridgehead atoms. The van der Waals surface area contributed by atoms with E-state index in [1.54, 1.807) is 0 Å². The van der Waals surface area contributed by atoms with Gasteiger partial charge < -0.3 is 5.73 Å². The van der Waals surface area contributed by atoms with Crippen LogP contribution in [0, 0.1) is 5.92 Å². The fraction of sp³-hybridized carbons (Fsp3) is 1.00. The average Bonchev–Trinajstić information content (AvgIpc) is 2.88. The highest BCUT2D eigenvalue weighted by atomic mass is 15.2. The Morgan fingerprint density at radius 1 is 1.17 bits per heavy atom. The standard InChI is InChI=1S/C16H34N2/c1-5-16(6-2,13-17)18(12-11-14(3)4)15-9-7-8-10-15/h14-15H,5-13,17H2,1-4H3. The lowest BCUT2D eigenvalue weighted by Gasteiger charge is -2.46. The Morgan fingerprint density at radius 3 is 2.11 bits per heavy atom. The first-order chi connectivity index (χ1) is 8.59. The lowest BCUT2D eigenvalue weighted by molar-refractivity contribution is 0.0378. The molecule has 0 aromatic heterocycles. The zero-order chi connectivity index (χ0) is 13.6. The third-order valence-electron chi connectivity index (χ3n) is 5.02. The van der Waals surface area contributed by atoms with Crippen LogP contribution in [-0.2, 0) is 0 Å². The molecular formula is C16H34N2. The quantitative estimate of drug-likeness (QED) is 0.714. The van der Waals surface area contributed by atoms with Crippen molar-refractivity contribution in [2.45, 2.75) is 84.2 Å². The highest BCUT2D eigenvalue weighted by Gasteiger charge is 2.37. The van der Waals surface area contributed by atoms with E-state index in [0.29, 0.717) is 0 Å². The summed E-state index contributed by atoms with van der Waals surface area (Å²) >= 11 is 0. The predicted octanol–water partition coefficient (Wildman–Crippen LogP) is 3.79. The predicted molar refractivity (Wildman–Crippen MR) is 80.8 cm³/mol. The minimum atomic E-state index is 0.254. The van der Waals surface area contributed by atoms with Crippen molar-refractivity contribution in [3.63, 3.8) is 0 Å². The smallest absolute Gasteiger partial charge is 0.0329 e. The molecule has 0 radical (unpaired) electrons. The van der Waals surface area contributed by atoms with Crippen molar-refractivity contribution < 1.29 is 0 Å². The molecule has 0 amide bonds. The summed E-state index contributed by atoms with van der Waals surface area (Å²) < 4.78 is 0. The molecular weight excluding hydrogens is 220 g/mol. The molecule has 1 aliphatic rings. The third-order valence-corrected chi connectivity index (χ3v) is 5.02. The number of nitrogens with zero attached hydrogens (tertiary/aromatic N) is 1. The summed E-state index contributed by atoms with van der Waals surface area (Å²) in [6.07, 6.45) is 9.29. The summed E-state index contributed by atoms with van der Waals surface area (Å²) in [5.74, 6) is 0.790. The van der Waals surface area contributed by atoms with Crippen molar-refractivity contribution in [2.24, 2.45) is 11.7 Å². The van der Waals surface area contributed by atoms with Gasteiger partial charge in [-0.15, -0.1) is 0 Å². The maximum atomic E-state index is 6.16. The van der Waals surface area contributed by atoms with Crippen LogP contribution in [0.2, 0.25) is 0 Å². The second-order valence-corrected chi connectivity index (χ2v) is 6.45. The van der Waals surface area contributed by atoms with Gasteiger partial charge in [0.1, 0.15) is 0 Å². The van der Waals surface area contributed by atoms with E-state index in [9.17, 15) is 0 Å². The summed E-state index contributed by atoms with van der Waals surface area (Å²) in [5.41, 5.74) is 6.42. The molecule has 2 N–H and O–H groups in total. The molecule has 1 saturated carbocycles. The van der Waals surface area contributed by atoms with Gasteiger partial charge in [-0.05, 0) is 44.6 Å². The minimum Gasteiger partial charge on any atom is -0.329 e. The Balaban J connectivity index is 2.79. The van der Waals surface area contributed by atoms with Gasteiger partial charge in [-0.2, -0.15) is 0 Å². The van der Waals surface area contributed by atoms with E-state index in [2.05, 4.69) is 32.6 Å². The SMILES string of the molecule is CCC(CC)(CN)N(CCC(C)C)C1CCCC1. The monoisotopic (exact) mass is 254 g/mol. The maximum Gasteiger partial charge on any atom is 0.0329 e. The fourth-order valence-corrected chi connectivity index (χ4v) is 3.48. The summed E-state index contributed by atoms with van der Waals surface area (Å²) in [5, 5.41) is 0.